The summed E-state index contributed by atoms with van der Waals surface area (Å²) >= 11 is 0. The lowest BCUT2D eigenvalue weighted by atomic mass is 10.1. The van der Waals surface area contributed by atoms with Crippen LogP contribution in [0.15, 0.2) is 83.8 Å². The van der Waals surface area contributed by atoms with Gasteiger partial charge in [0.25, 0.3) is 10.0 Å². The quantitative estimate of drug-likeness (QED) is 0.336. The predicted octanol–water partition coefficient (Wildman–Crippen LogP) is 5.22. The largest absolute Gasteiger partial charge is 0.352 e. The standard InChI is InChI=1S/C31H39N3O4S/c1-6-25(5)32-31(36)29(7-2)33(21-26-13-11-12-24(4)20-26)30(35)22-34(27-18-16-23(3)17-19-27)39(37,38)28-14-9-8-10-15-28/h8-20,25,29H,6-7,21-22H2,1-5H3,(H,32,36)/t25-,29-/m1/s1. The normalized spacial score (nSPS) is 12.8. The third-order valence-corrected chi connectivity index (χ3v) is 8.54. The molecule has 208 valence electrons. The Labute approximate surface area is 232 Å². The number of carbonyl (C=O) groups is 2. The van der Waals surface area contributed by atoms with Crippen LogP contribution in [0.5, 0.6) is 0 Å². The van der Waals surface area contributed by atoms with Gasteiger partial charge in [-0.2, -0.15) is 0 Å². The fourth-order valence-corrected chi connectivity index (χ4v) is 5.76. The van der Waals surface area contributed by atoms with Crippen LogP contribution in [0.4, 0.5) is 5.69 Å². The van der Waals surface area contributed by atoms with Crippen molar-refractivity contribution < 1.29 is 18.0 Å². The smallest absolute Gasteiger partial charge is 0.264 e. The van der Waals surface area contributed by atoms with Crippen LogP contribution >= 0.6 is 0 Å². The maximum absolute atomic E-state index is 14.1. The van der Waals surface area contributed by atoms with E-state index in [1.54, 1.807) is 30.3 Å². The topological polar surface area (TPSA) is 86.8 Å². The first-order valence-electron chi connectivity index (χ1n) is 13.4. The summed E-state index contributed by atoms with van der Waals surface area (Å²) in [5.74, 6) is -0.705. The molecule has 8 heteroatoms. The molecule has 0 saturated heterocycles. The number of carbonyl (C=O) groups excluding carboxylic acids is 2. The molecule has 0 unspecified atom stereocenters. The number of benzene rings is 3. The summed E-state index contributed by atoms with van der Waals surface area (Å²) in [7, 11) is -4.07. The van der Waals surface area contributed by atoms with E-state index in [0.29, 0.717) is 12.1 Å². The molecule has 1 N–H and O–H groups in total. The highest BCUT2D eigenvalue weighted by Crippen LogP contribution is 2.25. The molecule has 7 nitrogen and oxygen atoms in total. The minimum Gasteiger partial charge on any atom is -0.352 e. The zero-order valence-electron chi connectivity index (χ0n) is 23.4. The molecule has 39 heavy (non-hydrogen) atoms. The van der Waals surface area contributed by atoms with Crippen LogP contribution < -0.4 is 9.62 Å². The van der Waals surface area contributed by atoms with Gasteiger partial charge < -0.3 is 10.2 Å². The van der Waals surface area contributed by atoms with Gasteiger partial charge in [-0.05, 0) is 63.4 Å². The second-order valence-corrected chi connectivity index (χ2v) is 11.8. The van der Waals surface area contributed by atoms with Crippen molar-refractivity contribution in [1.29, 1.82) is 0 Å². The Morgan fingerprint density at radius 3 is 2.10 bits per heavy atom. The van der Waals surface area contributed by atoms with Crippen LogP contribution in [-0.2, 0) is 26.2 Å². The molecule has 0 aromatic heterocycles. The van der Waals surface area contributed by atoms with Crippen molar-refractivity contribution in [3.63, 3.8) is 0 Å². The highest BCUT2D eigenvalue weighted by atomic mass is 32.2. The number of hydrogen-bond donors (Lipinski definition) is 1. The third kappa shape index (κ3) is 7.69. The molecule has 3 aromatic carbocycles. The zero-order valence-corrected chi connectivity index (χ0v) is 24.2. The first-order valence-corrected chi connectivity index (χ1v) is 14.8. The van der Waals surface area contributed by atoms with Crippen molar-refractivity contribution in [2.75, 3.05) is 10.8 Å². The first kappa shape index (κ1) is 29.9. The van der Waals surface area contributed by atoms with Gasteiger partial charge in [-0.1, -0.05) is 79.6 Å². The SMILES string of the molecule is CC[C@@H](C)NC(=O)[C@@H](CC)N(Cc1cccc(C)c1)C(=O)CN(c1ccc(C)cc1)S(=O)(=O)c1ccccc1. The Balaban J connectivity index is 2.04. The van der Waals surface area contributed by atoms with E-state index < -0.39 is 28.5 Å². The molecule has 0 aliphatic rings. The molecule has 0 saturated carbocycles. The van der Waals surface area contributed by atoms with E-state index in [1.165, 1.54) is 17.0 Å². The lowest BCUT2D eigenvalue weighted by Crippen LogP contribution is -2.53. The molecule has 0 bridgehead atoms. The number of nitrogens with one attached hydrogen (secondary N) is 1. The summed E-state index contributed by atoms with van der Waals surface area (Å²) in [5, 5.41) is 3.00. The monoisotopic (exact) mass is 549 g/mol. The summed E-state index contributed by atoms with van der Waals surface area (Å²) < 4.78 is 28.8. The summed E-state index contributed by atoms with van der Waals surface area (Å²) in [4.78, 5) is 29.0. The van der Waals surface area contributed by atoms with Crippen molar-refractivity contribution in [2.45, 2.75) is 71.0 Å². The van der Waals surface area contributed by atoms with E-state index >= 15 is 0 Å². The molecular weight excluding hydrogens is 510 g/mol. The van der Waals surface area contributed by atoms with Crippen molar-refractivity contribution >= 4 is 27.5 Å². The van der Waals surface area contributed by atoms with E-state index in [9.17, 15) is 18.0 Å². The van der Waals surface area contributed by atoms with Crippen LogP contribution in [0, 0.1) is 13.8 Å². The van der Waals surface area contributed by atoms with Gasteiger partial charge >= 0.3 is 0 Å². The van der Waals surface area contributed by atoms with E-state index in [2.05, 4.69) is 5.32 Å². The number of hydrogen-bond acceptors (Lipinski definition) is 4. The molecule has 0 aliphatic heterocycles. The van der Waals surface area contributed by atoms with Gasteiger partial charge in [0.15, 0.2) is 0 Å². The second-order valence-electron chi connectivity index (χ2n) is 9.91. The molecule has 3 rings (SSSR count). The second kappa shape index (κ2) is 13.4. The van der Waals surface area contributed by atoms with Gasteiger partial charge in [-0.15, -0.1) is 0 Å². The number of sulfonamides is 1. The molecule has 0 heterocycles. The van der Waals surface area contributed by atoms with Crippen LogP contribution in [0.25, 0.3) is 0 Å². The van der Waals surface area contributed by atoms with E-state index in [1.807, 2.05) is 71.0 Å². The minimum absolute atomic E-state index is 0.0509. The summed E-state index contributed by atoms with van der Waals surface area (Å²) in [6, 6.07) is 22.0. The van der Waals surface area contributed by atoms with Crippen molar-refractivity contribution in [1.82, 2.24) is 10.2 Å². The molecule has 2 atom stereocenters. The Hall–Kier alpha value is -3.65. The van der Waals surface area contributed by atoms with Gasteiger partial charge in [0.1, 0.15) is 12.6 Å². The van der Waals surface area contributed by atoms with Crippen molar-refractivity contribution in [3.05, 3.63) is 95.6 Å². The number of nitrogens with zero attached hydrogens (tertiary/aromatic N) is 2. The number of aryl methyl sites for hydroxylation is 2. The molecule has 0 fully saturated rings. The summed E-state index contributed by atoms with van der Waals surface area (Å²) in [5.41, 5.74) is 3.25. The number of anilines is 1. The zero-order chi connectivity index (χ0) is 28.6. The van der Waals surface area contributed by atoms with Crippen molar-refractivity contribution in [2.24, 2.45) is 0 Å². The molecule has 0 radical (unpaired) electrons. The third-order valence-electron chi connectivity index (χ3n) is 6.75. The maximum atomic E-state index is 14.1. The number of rotatable bonds is 12. The number of amides is 2. The van der Waals surface area contributed by atoms with Crippen LogP contribution in [0.3, 0.4) is 0 Å². The Morgan fingerprint density at radius 2 is 1.51 bits per heavy atom. The lowest BCUT2D eigenvalue weighted by Gasteiger charge is -2.33. The van der Waals surface area contributed by atoms with Crippen LogP contribution in [0.2, 0.25) is 0 Å². The summed E-state index contributed by atoms with van der Waals surface area (Å²) in [6.45, 7) is 9.37. The van der Waals surface area contributed by atoms with Crippen LogP contribution in [-0.4, -0.2) is 43.8 Å². The minimum atomic E-state index is -4.07. The summed E-state index contributed by atoms with van der Waals surface area (Å²) in [6.07, 6.45) is 1.14. The van der Waals surface area contributed by atoms with Gasteiger partial charge in [0.05, 0.1) is 10.6 Å². The van der Waals surface area contributed by atoms with Gasteiger partial charge in [0, 0.05) is 12.6 Å². The highest BCUT2D eigenvalue weighted by Gasteiger charge is 2.33. The fourth-order valence-electron chi connectivity index (χ4n) is 4.33. The van der Waals surface area contributed by atoms with Gasteiger partial charge in [-0.25, -0.2) is 8.42 Å². The van der Waals surface area contributed by atoms with Gasteiger partial charge in [0.2, 0.25) is 11.8 Å². The van der Waals surface area contributed by atoms with Gasteiger partial charge in [-0.3, -0.25) is 13.9 Å². The fraction of sp³-hybridized carbons (Fsp3) is 0.355. The Bertz CT molecular complexity index is 1360. The predicted molar refractivity (Wildman–Crippen MR) is 156 cm³/mol. The first-order chi connectivity index (χ1) is 18.6. The van der Waals surface area contributed by atoms with Crippen molar-refractivity contribution in [3.8, 4) is 0 Å². The molecule has 3 aromatic rings. The van der Waals surface area contributed by atoms with E-state index in [-0.39, 0.29) is 23.4 Å². The lowest BCUT2D eigenvalue weighted by molar-refractivity contribution is -0.140. The molecule has 2 amide bonds. The Kier molecular flexibility index (Phi) is 10.3. The molecule has 0 spiro atoms. The Morgan fingerprint density at radius 1 is 0.846 bits per heavy atom. The molecule has 0 aliphatic carbocycles. The average molecular weight is 550 g/mol. The van der Waals surface area contributed by atoms with E-state index in [4.69, 9.17) is 0 Å². The highest BCUT2D eigenvalue weighted by molar-refractivity contribution is 7.92. The van der Waals surface area contributed by atoms with Crippen LogP contribution in [0.1, 0.15) is 50.3 Å². The molecular formula is C31H39N3O4S. The van der Waals surface area contributed by atoms with E-state index in [0.717, 1.165) is 27.4 Å². The maximum Gasteiger partial charge on any atom is 0.264 e. The average Bonchev–Trinajstić information content (AvgIpc) is 2.92.